The highest BCUT2D eigenvalue weighted by Gasteiger charge is 2.19. The van der Waals surface area contributed by atoms with Crippen molar-refractivity contribution in [3.63, 3.8) is 0 Å². The molecule has 1 amide bonds. The van der Waals surface area contributed by atoms with Crippen molar-refractivity contribution in [1.82, 2.24) is 14.8 Å². The first kappa shape index (κ1) is 26.8. The molecule has 164 valence electrons. The fourth-order valence-electron chi connectivity index (χ4n) is 2.59. The predicted octanol–water partition coefficient (Wildman–Crippen LogP) is 3.09. The number of amides is 1. The Hall–Kier alpha value is -2.16. The number of guanidine groups is 1. The Bertz CT molecular complexity index is 824. The summed E-state index contributed by atoms with van der Waals surface area (Å²) < 4.78 is 11.8. The molecule has 0 aliphatic rings. The minimum atomic E-state index is -0.386. The Morgan fingerprint density at radius 3 is 2.41 bits per heavy atom. The molecular formula is C19H31Cl2N5O3. The van der Waals surface area contributed by atoms with Crippen LogP contribution in [0.2, 0.25) is 0 Å². The van der Waals surface area contributed by atoms with Crippen LogP contribution in [0.5, 0.6) is 11.5 Å². The number of hydrogen-bond donors (Lipinski definition) is 3. The van der Waals surface area contributed by atoms with Crippen molar-refractivity contribution < 1.29 is 14.3 Å². The normalized spacial score (nSPS) is 10.4. The van der Waals surface area contributed by atoms with Crippen molar-refractivity contribution in [1.29, 1.82) is 5.41 Å². The summed E-state index contributed by atoms with van der Waals surface area (Å²) in [6, 6.07) is 5.40. The van der Waals surface area contributed by atoms with E-state index in [0.717, 1.165) is 28.8 Å². The summed E-state index contributed by atoms with van der Waals surface area (Å²) in [6.07, 6.45) is 0.884. The van der Waals surface area contributed by atoms with Gasteiger partial charge in [-0.15, -0.1) is 24.8 Å². The van der Waals surface area contributed by atoms with Gasteiger partial charge in [0.2, 0.25) is 0 Å². The van der Waals surface area contributed by atoms with E-state index < -0.39 is 0 Å². The van der Waals surface area contributed by atoms with Gasteiger partial charge in [-0.2, -0.15) is 0 Å². The van der Waals surface area contributed by atoms with Gasteiger partial charge in [0.15, 0.2) is 5.96 Å². The second kappa shape index (κ2) is 11.7. The van der Waals surface area contributed by atoms with Crippen molar-refractivity contribution in [2.75, 3.05) is 34.3 Å². The average Bonchev–Trinajstić information content (AvgIpc) is 3.01. The lowest BCUT2D eigenvalue weighted by atomic mass is 10.2. The van der Waals surface area contributed by atoms with Crippen molar-refractivity contribution in [3.8, 4) is 11.5 Å². The maximum atomic E-state index is 12.4. The molecule has 0 atom stereocenters. The zero-order valence-corrected chi connectivity index (χ0v) is 19.1. The average molecular weight is 448 g/mol. The summed E-state index contributed by atoms with van der Waals surface area (Å²) in [6.45, 7) is 5.41. The Morgan fingerprint density at radius 2 is 1.86 bits per heavy atom. The Kier molecular flexibility index (Phi) is 10.9. The van der Waals surface area contributed by atoms with Gasteiger partial charge >= 0.3 is 0 Å². The molecular weight excluding hydrogens is 417 g/mol. The lowest BCUT2D eigenvalue weighted by Crippen LogP contribution is -2.38. The lowest BCUT2D eigenvalue weighted by molar-refractivity contribution is 0.0864. The quantitative estimate of drug-likeness (QED) is 0.327. The second-order valence-electron chi connectivity index (χ2n) is 6.99. The number of nitrogens with one attached hydrogen (secondary N) is 2. The minimum Gasteiger partial charge on any atom is -0.493 e. The van der Waals surface area contributed by atoms with Crippen LogP contribution in [-0.4, -0.2) is 67.0 Å². The first-order valence-electron chi connectivity index (χ1n) is 8.92. The molecule has 2 aromatic rings. The Balaban J connectivity index is 0.00000392. The number of benzene rings is 1. The van der Waals surface area contributed by atoms with Crippen LogP contribution in [0, 0.1) is 5.41 Å². The van der Waals surface area contributed by atoms with Crippen LogP contribution >= 0.6 is 24.8 Å². The summed E-state index contributed by atoms with van der Waals surface area (Å²) in [7, 11) is 5.51. The number of H-pyrrole nitrogens is 1. The first-order valence-corrected chi connectivity index (χ1v) is 8.92. The fourth-order valence-corrected chi connectivity index (χ4v) is 2.59. The summed E-state index contributed by atoms with van der Waals surface area (Å²) in [5.74, 6) is 0.619. The maximum Gasteiger partial charge on any atom is 0.276 e. The zero-order chi connectivity index (χ0) is 20.1. The number of aromatic amines is 1. The molecule has 0 fully saturated rings. The molecule has 0 radical (unpaired) electrons. The van der Waals surface area contributed by atoms with Crippen LogP contribution in [0.25, 0.3) is 10.9 Å². The van der Waals surface area contributed by atoms with Gasteiger partial charge in [0.25, 0.3) is 5.91 Å². The number of ether oxygens (including phenoxy) is 2. The summed E-state index contributed by atoms with van der Waals surface area (Å²) in [5.41, 5.74) is 6.47. The van der Waals surface area contributed by atoms with Crippen LogP contribution < -0.4 is 15.2 Å². The Labute approximate surface area is 184 Å². The number of carbonyl (C=O) groups is 1. The summed E-state index contributed by atoms with van der Waals surface area (Å²) >= 11 is 0. The van der Waals surface area contributed by atoms with E-state index in [9.17, 15) is 4.79 Å². The monoisotopic (exact) mass is 447 g/mol. The molecule has 1 aromatic carbocycles. The predicted molar refractivity (Wildman–Crippen MR) is 121 cm³/mol. The van der Waals surface area contributed by atoms with E-state index in [-0.39, 0.29) is 42.8 Å². The number of halogens is 2. The highest BCUT2D eigenvalue weighted by molar-refractivity contribution is 6.06. The van der Waals surface area contributed by atoms with E-state index in [1.54, 1.807) is 6.07 Å². The van der Waals surface area contributed by atoms with Crippen molar-refractivity contribution in [2.45, 2.75) is 26.4 Å². The van der Waals surface area contributed by atoms with Crippen LogP contribution in [0.4, 0.5) is 0 Å². The van der Waals surface area contributed by atoms with Gasteiger partial charge in [0.1, 0.15) is 17.2 Å². The number of rotatable bonds is 8. The molecule has 1 heterocycles. The molecule has 0 aliphatic heterocycles. The summed E-state index contributed by atoms with van der Waals surface area (Å²) in [5, 5.41) is 8.21. The molecule has 1 aromatic heterocycles. The van der Waals surface area contributed by atoms with E-state index in [1.807, 2.05) is 40.1 Å². The van der Waals surface area contributed by atoms with Crippen LogP contribution in [0.3, 0.4) is 0 Å². The third kappa shape index (κ3) is 7.30. The Morgan fingerprint density at radius 1 is 1.21 bits per heavy atom. The van der Waals surface area contributed by atoms with Crippen LogP contribution in [-0.2, 0) is 0 Å². The third-order valence-corrected chi connectivity index (χ3v) is 3.95. The molecule has 0 aliphatic carbocycles. The number of hydrogen-bond acceptors (Lipinski definition) is 5. The third-order valence-electron chi connectivity index (χ3n) is 3.95. The van der Waals surface area contributed by atoms with Gasteiger partial charge in [0.05, 0.1) is 18.2 Å². The molecule has 10 heteroatoms. The SMILES string of the molecule is CC(C)Oc1cc(OCCCN(C)C)cc2[nH]c(C(=O)N(C)C(=N)N)cc12.Cl.Cl. The molecule has 29 heavy (non-hydrogen) atoms. The van der Waals surface area contributed by atoms with E-state index in [2.05, 4.69) is 9.88 Å². The standard InChI is InChI=1S/C19H29N5O3.2ClH/c1-12(2)27-17-10-13(26-8-6-7-23(3)4)9-15-14(17)11-16(22-15)18(25)24(5)19(20)21;;/h9-12,22H,6-8H2,1-5H3,(H3,20,21);2*1H. The number of carbonyl (C=O) groups excluding carboxylic acids is 1. The summed E-state index contributed by atoms with van der Waals surface area (Å²) in [4.78, 5) is 18.7. The number of aromatic nitrogens is 1. The van der Waals surface area contributed by atoms with E-state index >= 15 is 0 Å². The molecule has 8 nitrogen and oxygen atoms in total. The molecule has 4 N–H and O–H groups in total. The lowest BCUT2D eigenvalue weighted by Gasteiger charge is -2.14. The van der Waals surface area contributed by atoms with Gasteiger partial charge < -0.3 is 25.1 Å². The molecule has 0 saturated heterocycles. The highest BCUT2D eigenvalue weighted by atomic mass is 35.5. The first-order chi connectivity index (χ1) is 12.7. The van der Waals surface area contributed by atoms with Crippen LogP contribution in [0.15, 0.2) is 18.2 Å². The number of nitrogens with zero attached hydrogens (tertiary/aromatic N) is 2. The molecule has 0 unspecified atom stereocenters. The van der Waals surface area contributed by atoms with Crippen molar-refractivity contribution in [2.24, 2.45) is 5.73 Å². The van der Waals surface area contributed by atoms with Gasteiger partial charge in [-0.05, 0) is 40.4 Å². The number of nitrogens with two attached hydrogens (primary N) is 1. The fraction of sp³-hybridized carbons (Fsp3) is 0.474. The van der Waals surface area contributed by atoms with Gasteiger partial charge in [-0.25, -0.2) is 0 Å². The molecule has 0 bridgehead atoms. The minimum absolute atomic E-state index is 0. The van der Waals surface area contributed by atoms with Crippen molar-refractivity contribution >= 4 is 47.6 Å². The smallest absolute Gasteiger partial charge is 0.276 e. The van der Waals surface area contributed by atoms with Crippen molar-refractivity contribution in [3.05, 3.63) is 23.9 Å². The van der Waals surface area contributed by atoms with Gasteiger partial charge in [-0.3, -0.25) is 15.1 Å². The molecule has 0 saturated carbocycles. The number of fused-ring (bicyclic) bond motifs is 1. The van der Waals surface area contributed by atoms with E-state index in [1.165, 1.54) is 7.05 Å². The van der Waals surface area contributed by atoms with Crippen LogP contribution in [0.1, 0.15) is 30.8 Å². The zero-order valence-electron chi connectivity index (χ0n) is 17.4. The second-order valence-corrected chi connectivity index (χ2v) is 6.99. The van der Waals surface area contributed by atoms with Gasteiger partial charge in [0, 0.05) is 31.1 Å². The maximum absolute atomic E-state index is 12.4. The molecule has 2 rings (SSSR count). The topological polar surface area (TPSA) is 108 Å². The van der Waals surface area contributed by atoms with E-state index in [0.29, 0.717) is 23.8 Å². The van der Waals surface area contributed by atoms with Gasteiger partial charge in [-0.1, -0.05) is 0 Å². The molecule has 0 spiro atoms. The van der Waals surface area contributed by atoms with E-state index in [4.69, 9.17) is 20.6 Å². The largest absolute Gasteiger partial charge is 0.493 e. The highest BCUT2D eigenvalue weighted by Crippen LogP contribution is 2.33.